The lowest BCUT2D eigenvalue weighted by Gasteiger charge is -2.12. The van der Waals surface area contributed by atoms with Gasteiger partial charge in [-0.25, -0.2) is 14.8 Å². The van der Waals surface area contributed by atoms with Crippen LogP contribution in [0.5, 0.6) is 0 Å². The number of benzene rings is 2. The summed E-state index contributed by atoms with van der Waals surface area (Å²) in [5.41, 5.74) is -0.00460. The first-order chi connectivity index (χ1) is 13.3. The van der Waals surface area contributed by atoms with Crippen molar-refractivity contribution in [1.82, 2.24) is 9.97 Å². The van der Waals surface area contributed by atoms with E-state index in [0.29, 0.717) is 16.3 Å². The van der Waals surface area contributed by atoms with Crippen LogP contribution >= 0.6 is 11.6 Å². The largest absolute Gasteiger partial charge is 0.465 e. The van der Waals surface area contributed by atoms with Crippen molar-refractivity contribution in [1.29, 1.82) is 0 Å². The average molecular weight is 408 g/mol. The molecule has 1 heterocycles. The monoisotopic (exact) mass is 407 g/mol. The van der Waals surface area contributed by atoms with Crippen LogP contribution in [0.3, 0.4) is 0 Å². The van der Waals surface area contributed by atoms with Crippen LogP contribution in [0.15, 0.2) is 54.6 Å². The normalized spacial score (nSPS) is 11.2. The molecule has 1 N–H and O–H groups in total. The van der Waals surface area contributed by atoms with Gasteiger partial charge in [-0.1, -0.05) is 29.8 Å². The highest BCUT2D eigenvalue weighted by atomic mass is 35.5. The van der Waals surface area contributed by atoms with Crippen LogP contribution in [-0.2, 0) is 10.9 Å². The van der Waals surface area contributed by atoms with Crippen molar-refractivity contribution in [3.05, 3.63) is 70.9 Å². The Bertz CT molecular complexity index is 1010. The minimum atomic E-state index is -4.66. The number of nitrogens with one attached hydrogen (secondary N) is 1. The number of methoxy groups -OCH3 is 1. The fraction of sp³-hybridized carbons (Fsp3) is 0.105. The van der Waals surface area contributed by atoms with E-state index >= 15 is 0 Å². The molecule has 0 radical (unpaired) electrons. The molecule has 3 aromatic rings. The molecule has 28 heavy (non-hydrogen) atoms. The number of carbonyl (C=O) groups is 1. The number of halogens is 4. The van der Waals surface area contributed by atoms with Gasteiger partial charge >= 0.3 is 12.1 Å². The molecule has 0 fully saturated rings. The van der Waals surface area contributed by atoms with Crippen molar-refractivity contribution in [2.75, 3.05) is 12.4 Å². The summed E-state index contributed by atoms with van der Waals surface area (Å²) < 4.78 is 44.5. The zero-order valence-electron chi connectivity index (χ0n) is 14.4. The van der Waals surface area contributed by atoms with Gasteiger partial charge in [-0.05, 0) is 36.4 Å². The first kappa shape index (κ1) is 19.6. The van der Waals surface area contributed by atoms with Gasteiger partial charge in [0.2, 0.25) is 5.95 Å². The van der Waals surface area contributed by atoms with E-state index in [1.54, 1.807) is 36.4 Å². The number of anilines is 2. The van der Waals surface area contributed by atoms with Crippen LogP contribution in [0.25, 0.3) is 11.3 Å². The first-order valence-corrected chi connectivity index (χ1v) is 8.31. The van der Waals surface area contributed by atoms with E-state index in [4.69, 9.17) is 11.6 Å². The minimum absolute atomic E-state index is 0.0746. The molecular formula is C19H13ClF3N3O2. The maximum absolute atomic E-state index is 13.3. The Balaban J connectivity index is 2.02. The van der Waals surface area contributed by atoms with Gasteiger partial charge in [0.25, 0.3) is 0 Å². The van der Waals surface area contributed by atoms with Crippen LogP contribution in [-0.4, -0.2) is 23.0 Å². The summed E-state index contributed by atoms with van der Waals surface area (Å²) in [5.74, 6) is -0.836. The standard InChI is InChI=1S/C19H13ClF3N3O2/c1-28-17(27)12-3-2-4-14(9-12)24-18-25-15(10-16(26-18)19(21,22)23)11-5-7-13(20)8-6-11/h2-10H,1H3,(H,24,25,26). The van der Waals surface area contributed by atoms with Gasteiger partial charge in [0.05, 0.1) is 18.4 Å². The van der Waals surface area contributed by atoms with E-state index in [9.17, 15) is 18.0 Å². The first-order valence-electron chi connectivity index (χ1n) is 7.94. The number of hydrogen-bond donors (Lipinski definition) is 1. The van der Waals surface area contributed by atoms with Gasteiger partial charge in [0, 0.05) is 16.3 Å². The van der Waals surface area contributed by atoms with Gasteiger partial charge < -0.3 is 10.1 Å². The summed E-state index contributed by atoms with van der Waals surface area (Å²) in [4.78, 5) is 19.3. The zero-order valence-corrected chi connectivity index (χ0v) is 15.2. The fourth-order valence-corrected chi connectivity index (χ4v) is 2.51. The lowest BCUT2D eigenvalue weighted by molar-refractivity contribution is -0.141. The van der Waals surface area contributed by atoms with Crippen molar-refractivity contribution in [2.24, 2.45) is 0 Å². The van der Waals surface area contributed by atoms with Crippen molar-refractivity contribution in [2.45, 2.75) is 6.18 Å². The molecule has 0 aliphatic rings. The molecule has 0 spiro atoms. The van der Waals surface area contributed by atoms with E-state index in [-0.39, 0.29) is 17.2 Å². The maximum atomic E-state index is 13.3. The molecule has 0 aliphatic carbocycles. The highest BCUT2D eigenvalue weighted by Gasteiger charge is 2.34. The van der Waals surface area contributed by atoms with Crippen LogP contribution in [0.4, 0.5) is 24.8 Å². The Morgan fingerprint density at radius 1 is 1.07 bits per heavy atom. The third-order valence-corrected chi connectivity index (χ3v) is 3.95. The number of esters is 1. The smallest absolute Gasteiger partial charge is 0.433 e. The topological polar surface area (TPSA) is 64.1 Å². The van der Waals surface area contributed by atoms with E-state index in [1.807, 2.05) is 0 Å². The second-order valence-corrected chi connectivity index (χ2v) is 6.10. The van der Waals surface area contributed by atoms with E-state index in [1.165, 1.54) is 19.2 Å². The third-order valence-electron chi connectivity index (χ3n) is 3.70. The number of nitrogens with zero attached hydrogens (tertiary/aromatic N) is 2. The SMILES string of the molecule is COC(=O)c1cccc(Nc2nc(-c3ccc(Cl)cc3)cc(C(F)(F)F)n2)c1. The zero-order chi connectivity index (χ0) is 20.3. The average Bonchev–Trinajstić information content (AvgIpc) is 2.67. The molecule has 144 valence electrons. The summed E-state index contributed by atoms with van der Waals surface area (Å²) >= 11 is 5.83. The Kier molecular flexibility index (Phi) is 5.51. The minimum Gasteiger partial charge on any atom is -0.465 e. The lowest BCUT2D eigenvalue weighted by Crippen LogP contribution is -2.11. The number of hydrogen-bond acceptors (Lipinski definition) is 5. The second-order valence-electron chi connectivity index (χ2n) is 5.66. The number of rotatable bonds is 4. The molecule has 2 aromatic carbocycles. The summed E-state index contributed by atoms with van der Waals surface area (Å²) in [6, 6.07) is 13.2. The van der Waals surface area contributed by atoms with Gasteiger partial charge in [0.15, 0.2) is 5.69 Å². The number of ether oxygens (including phenoxy) is 1. The van der Waals surface area contributed by atoms with Crippen molar-refractivity contribution in [3.8, 4) is 11.3 Å². The maximum Gasteiger partial charge on any atom is 0.433 e. The summed E-state index contributed by atoms with van der Waals surface area (Å²) in [6.45, 7) is 0. The Morgan fingerprint density at radius 2 is 1.79 bits per heavy atom. The summed E-state index contributed by atoms with van der Waals surface area (Å²) in [5, 5.41) is 3.15. The second kappa shape index (κ2) is 7.85. The van der Waals surface area contributed by atoms with Crippen LogP contribution < -0.4 is 5.32 Å². The molecule has 9 heteroatoms. The Morgan fingerprint density at radius 3 is 2.43 bits per heavy atom. The number of carbonyl (C=O) groups excluding carboxylic acids is 1. The van der Waals surface area contributed by atoms with Gasteiger partial charge in [-0.3, -0.25) is 0 Å². The quantitative estimate of drug-likeness (QED) is 0.591. The van der Waals surface area contributed by atoms with Gasteiger partial charge in [-0.2, -0.15) is 13.2 Å². The molecule has 1 aromatic heterocycles. The van der Waals surface area contributed by atoms with Gasteiger partial charge in [-0.15, -0.1) is 0 Å². The molecule has 0 saturated heterocycles. The molecule has 3 rings (SSSR count). The summed E-state index contributed by atoms with van der Waals surface area (Å²) in [7, 11) is 1.23. The van der Waals surface area contributed by atoms with Crippen LogP contribution in [0.1, 0.15) is 16.1 Å². The van der Waals surface area contributed by atoms with E-state index in [2.05, 4.69) is 20.0 Å². The third kappa shape index (κ3) is 4.58. The Labute approximate surface area is 163 Å². The molecule has 0 atom stereocenters. The highest BCUT2D eigenvalue weighted by Crippen LogP contribution is 2.32. The van der Waals surface area contributed by atoms with Crippen LogP contribution in [0.2, 0.25) is 5.02 Å². The van der Waals surface area contributed by atoms with Crippen molar-refractivity contribution < 1.29 is 22.7 Å². The Hall–Kier alpha value is -3.13. The van der Waals surface area contributed by atoms with E-state index < -0.39 is 17.8 Å². The van der Waals surface area contributed by atoms with Crippen molar-refractivity contribution in [3.63, 3.8) is 0 Å². The predicted octanol–water partition coefficient (Wildman–Crippen LogP) is 5.35. The molecule has 0 bridgehead atoms. The van der Waals surface area contributed by atoms with Crippen molar-refractivity contribution >= 4 is 29.2 Å². The molecular weight excluding hydrogens is 395 g/mol. The van der Waals surface area contributed by atoms with Crippen LogP contribution in [0, 0.1) is 0 Å². The number of alkyl halides is 3. The van der Waals surface area contributed by atoms with E-state index in [0.717, 1.165) is 6.07 Å². The predicted molar refractivity (Wildman–Crippen MR) is 98.5 cm³/mol. The molecule has 0 unspecified atom stereocenters. The summed E-state index contributed by atoms with van der Waals surface area (Å²) in [6.07, 6.45) is -4.66. The number of aromatic nitrogens is 2. The fourth-order valence-electron chi connectivity index (χ4n) is 2.39. The highest BCUT2D eigenvalue weighted by molar-refractivity contribution is 6.30. The molecule has 0 amide bonds. The molecule has 0 aliphatic heterocycles. The molecule has 5 nitrogen and oxygen atoms in total. The van der Waals surface area contributed by atoms with Gasteiger partial charge in [0.1, 0.15) is 0 Å². The lowest BCUT2D eigenvalue weighted by atomic mass is 10.1. The molecule has 0 saturated carbocycles.